The topological polar surface area (TPSA) is 12.0 Å². The lowest BCUT2D eigenvalue weighted by molar-refractivity contribution is 0.703. The van der Waals surface area contributed by atoms with E-state index in [1.54, 1.807) is 0 Å². The van der Waals surface area contributed by atoms with Gasteiger partial charge in [0.2, 0.25) is 0 Å². The Morgan fingerprint density at radius 3 is 2.55 bits per heavy atom. The smallest absolute Gasteiger partial charge is 0.00623 e. The van der Waals surface area contributed by atoms with E-state index in [0.29, 0.717) is 0 Å². The van der Waals surface area contributed by atoms with Crippen LogP contribution in [0.5, 0.6) is 0 Å². The normalized spacial score (nSPS) is 33.3. The molecule has 0 radical (unpaired) electrons. The molecule has 0 aromatic heterocycles. The molecule has 1 saturated heterocycles. The summed E-state index contributed by atoms with van der Waals surface area (Å²) in [6.07, 6.45) is 7.24. The minimum absolute atomic E-state index is 0.984. The van der Waals surface area contributed by atoms with E-state index < -0.39 is 0 Å². The van der Waals surface area contributed by atoms with Crippen LogP contribution in [0.15, 0.2) is 0 Å². The van der Waals surface area contributed by atoms with Crippen molar-refractivity contribution in [2.75, 3.05) is 13.1 Å². The maximum absolute atomic E-state index is 3.46. The van der Waals surface area contributed by atoms with Gasteiger partial charge in [-0.3, -0.25) is 0 Å². The van der Waals surface area contributed by atoms with Gasteiger partial charge in [-0.15, -0.1) is 0 Å². The molecule has 11 heavy (non-hydrogen) atoms. The molecule has 1 atom stereocenters. The summed E-state index contributed by atoms with van der Waals surface area (Å²) in [5.74, 6) is 0. The maximum Gasteiger partial charge on any atom is 0.00623 e. The summed E-state index contributed by atoms with van der Waals surface area (Å²) in [5, 5.41) is 5.50. The van der Waals surface area contributed by atoms with Crippen molar-refractivity contribution in [3.63, 3.8) is 0 Å². The summed E-state index contributed by atoms with van der Waals surface area (Å²) in [5.41, 5.74) is 0. The molecule has 1 aliphatic carbocycles. The third-order valence-corrected chi connectivity index (χ3v) is 4.14. The first-order valence-corrected chi connectivity index (χ1v) is 5.75. The van der Waals surface area contributed by atoms with Gasteiger partial charge in [-0.05, 0) is 45.2 Å². The van der Waals surface area contributed by atoms with Crippen LogP contribution in [-0.4, -0.2) is 23.6 Å². The van der Waals surface area contributed by atoms with Crippen LogP contribution >= 0.6 is 11.8 Å². The van der Waals surface area contributed by atoms with Gasteiger partial charge < -0.3 is 5.32 Å². The Balaban J connectivity index is 1.71. The second-order valence-corrected chi connectivity index (χ2v) is 5.24. The van der Waals surface area contributed by atoms with Gasteiger partial charge in [0.15, 0.2) is 0 Å². The van der Waals surface area contributed by atoms with E-state index in [1.807, 2.05) is 0 Å². The zero-order valence-electron chi connectivity index (χ0n) is 7.01. The lowest BCUT2D eigenvalue weighted by Gasteiger charge is -2.11. The average Bonchev–Trinajstić information content (AvgIpc) is 2.77. The second-order valence-electron chi connectivity index (χ2n) is 3.64. The summed E-state index contributed by atoms with van der Waals surface area (Å²) in [7, 11) is 0. The Bertz CT molecular complexity index is 115. The van der Waals surface area contributed by atoms with E-state index >= 15 is 0 Å². The predicted molar refractivity (Wildman–Crippen MR) is 51.1 cm³/mol. The number of rotatable bonds is 2. The SMILES string of the molecule is C1CNCCC(SC2CC2)C1. The van der Waals surface area contributed by atoms with Crippen molar-refractivity contribution in [1.82, 2.24) is 5.32 Å². The van der Waals surface area contributed by atoms with Crippen molar-refractivity contribution in [2.45, 2.75) is 42.6 Å². The largest absolute Gasteiger partial charge is 0.317 e. The van der Waals surface area contributed by atoms with E-state index in [-0.39, 0.29) is 0 Å². The highest BCUT2D eigenvalue weighted by atomic mass is 32.2. The molecule has 1 N–H and O–H groups in total. The number of hydrogen-bond donors (Lipinski definition) is 1. The quantitative estimate of drug-likeness (QED) is 0.682. The van der Waals surface area contributed by atoms with Gasteiger partial charge in [-0.2, -0.15) is 11.8 Å². The molecule has 0 aromatic carbocycles. The fourth-order valence-electron chi connectivity index (χ4n) is 1.60. The van der Waals surface area contributed by atoms with Crippen LogP contribution in [0, 0.1) is 0 Å². The Morgan fingerprint density at radius 2 is 1.73 bits per heavy atom. The lowest BCUT2D eigenvalue weighted by Crippen LogP contribution is -2.14. The van der Waals surface area contributed by atoms with E-state index in [1.165, 1.54) is 45.2 Å². The fourth-order valence-corrected chi connectivity index (χ4v) is 3.11. The monoisotopic (exact) mass is 171 g/mol. The third kappa shape index (κ3) is 2.68. The van der Waals surface area contributed by atoms with Gasteiger partial charge in [0.25, 0.3) is 0 Å². The molecule has 2 heteroatoms. The molecule has 1 saturated carbocycles. The minimum Gasteiger partial charge on any atom is -0.317 e. The van der Waals surface area contributed by atoms with Crippen molar-refractivity contribution in [1.29, 1.82) is 0 Å². The molecular weight excluding hydrogens is 154 g/mol. The molecule has 1 nitrogen and oxygen atoms in total. The van der Waals surface area contributed by atoms with Crippen LogP contribution in [0.1, 0.15) is 32.1 Å². The summed E-state index contributed by atoms with van der Waals surface area (Å²) in [6.45, 7) is 2.51. The lowest BCUT2D eigenvalue weighted by atomic mass is 10.2. The van der Waals surface area contributed by atoms with Crippen molar-refractivity contribution in [2.24, 2.45) is 0 Å². The summed E-state index contributed by atoms with van der Waals surface area (Å²) < 4.78 is 0. The Morgan fingerprint density at radius 1 is 0.909 bits per heavy atom. The van der Waals surface area contributed by atoms with Crippen LogP contribution in [0.25, 0.3) is 0 Å². The Labute approximate surface area is 73.3 Å². The van der Waals surface area contributed by atoms with Crippen LogP contribution in [0.2, 0.25) is 0 Å². The standard InChI is InChI=1S/C9H17NS/c1-2-8(5-7-10-6-1)11-9-3-4-9/h8-10H,1-7H2. The maximum atomic E-state index is 3.46. The molecule has 2 fully saturated rings. The van der Waals surface area contributed by atoms with Crippen LogP contribution < -0.4 is 5.32 Å². The van der Waals surface area contributed by atoms with Gasteiger partial charge >= 0.3 is 0 Å². The van der Waals surface area contributed by atoms with E-state index in [0.717, 1.165) is 10.5 Å². The molecule has 0 bridgehead atoms. The first-order valence-electron chi connectivity index (χ1n) is 4.81. The first-order chi connectivity index (χ1) is 5.45. The van der Waals surface area contributed by atoms with Gasteiger partial charge in [0, 0.05) is 10.5 Å². The zero-order chi connectivity index (χ0) is 7.52. The number of nitrogens with one attached hydrogen (secondary N) is 1. The molecular formula is C9H17NS. The second kappa shape index (κ2) is 3.81. The molecule has 1 aliphatic heterocycles. The highest BCUT2D eigenvalue weighted by Crippen LogP contribution is 2.39. The average molecular weight is 171 g/mol. The van der Waals surface area contributed by atoms with Gasteiger partial charge in [-0.25, -0.2) is 0 Å². The van der Waals surface area contributed by atoms with E-state index in [9.17, 15) is 0 Å². The van der Waals surface area contributed by atoms with Crippen LogP contribution in [0.4, 0.5) is 0 Å². The van der Waals surface area contributed by atoms with Crippen molar-refractivity contribution >= 4 is 11.8 Å². The van der Waals surface area contributed by atoms with Gasteiger partial charge in [0.05, 0.1) is 0 Å². The van der Waals surface area contributed by atoms with Gasteiger partial charge in [0.1, 0.15) is 0 Å². The summed E-state index contributed by atoms with van der Waals surface area (Å²) >= 11 is 2.26. The molecule has 64 valence electrons. The highest BCUT2D eigenvalue weighted by molar-refractivity contribution is 8.00. The zero-order valence-corrected chi connectivity index (χ0v) is 7.83. The number of thioether (sulfide) groups is 1. The van der Waals surface area contributed by atoms with Gasteiger partial charge in [-0.1, -0.05) is 0 Å². The highest BCUT2D eigenvalue weighted by Gasteiger charge is 2.26. The van der Waals surface area contributed by atoms with Crippen LogP contribution in [-0.2, 0) is 0 Å². The summed E-state index contributed by atoms with van der Waals surface area (Å²) in [6, 6.07) is 0. The molecule has 2 aliphatic rings. The van der Waals surface area contributed by atoms with Crippen LogP contribution in [0.3, 0.4) is 0 Å². The van der Waals surface area contributed by atoms with Crippen molar-refractivity contribution in [3.8, 4) is 0 Å². The Kier molecular flexibility index (Phi) is 2.75. The molecule has 0 amide bonds. The van der Waals surface area contributed by atoms with Crippen molar-refractivity contribution < 1.29 is 0 Å². The third-order valence-electron chi connectivity index (χ3n) is 2.43. The molecule has 1 unspecified atom stereocenters. The van der Waals surface area contributed by atoms with E-state index in [2.05, 4.69) is 17.1 Å². The molecule has 1 heterocycles. The first kappa shape index (κ1) is 7.93. The Hall–Kier alpha value is 0.310. The molecule has 0 spiro atoms. The molecule has 0 aromatic rings. The van der Waals surface area contributed by atoms with Crippen molar-refractivity contribution in [3.05, 3.63) is 0 Å². The predicted octanol–water partition coefficient (Wildman–Crippen LogP) is 2.02. The number of hydrogen-bond acceptors (Lipinski definition) is 2. The summed E-state index contributed by atoms with van der Waals surface area (Å²) in [4.78, 5) is 0. The van der Waals surface area contributed by atoms with E-state index in [4.69, 9.17) is 0 Å². The fraction of sp³-hybridized carbons (Fsp3) is 1.00. The minimum atomic E-state index is 0.984. The molecule has 2 rings (SSSR count).